The molecule has 0 bridgehead atoms. The Hall–Kier alpha value is -1.36. The molecule has 1 N–H and O–H groups in total. The van der Waals surface area contributed by atoms with Crippen molar-refractivity contribution in [3.8, 4) is 0 Å². The van der Waals surface area contributed by atoms with Gasteiger partial charge in [0, 0.05) is 18.2 Å². The summed E-state index contributed by atoms with van der Waals surface area (Å²) in [4.78, 5) is 10.4. The molecule has 5 heteroatoms. The van der Waals surface area contributed by atoms with Crippen LogP contribution in [0.2, 0.25) is 0 Å². The second-order valence-electron chi connectivity index (χ2n) is 4.92. The smallest absolute Gasteiger partial charge is 0.323 e. The van der Waals surface area contributed by atoms with Gasteiger partial charge in [0.25, 0.3) is 0 Å². The van der Waals surface area contributed by atoms with Crippen LogP contribution >= 0.6 is 0 Å². The molecule has 90 valence electrons. The molecule has 1 aromatic rings. The molecule has 0 saturated carbocycles. The Labute approximate surface area is 95.6 Å². The molecular formula is C11H19N3O2. The van der Waals surface area contributed by atoms with Gasteiger partial charge in [0.15, 0.2) is 0 Å². The summed E-state index contributed by atoms with van der Waals surface area (Å²) in [7, 11) is 0. The summed E-state index contributed by atoms with van der Waals surface area (Å²) in [6.07, 6.45) is 0. The van der Waals surface area contributed by atoms with Crippen molar-refractivity contribution < 1.29 is 4.92 Å². The summed E-state index contributed by atoms with van der Waals surface area (Å²) in [5.41, 5.74) is 0.956. The molecule has 5 nitrogen and oxygen atoms in total. The maximum Gasteiger partial charge on any atom is 0.323 e. The van der Waals surface area contributed by atoms with Crippen molar-refractivity contribution in [3.05, 3.63) is 27.9 Å². The fraction of sp³-hybridized carbons (Fsp3) is 0.636. The van der Waals surface area contributed by atoms with E-state index in [1.54, 1.807) is 16.7 Å². The van der Waals surface area contributed by atoms with E-state index in [4.69, 9.17) is 0 Å². The largest absolute Gasteiger partial charge is 0.358 e. The average molecular weight is 225 g/mol. The Morgan fingerprint density at radius 1 is 1.44 bits per heavy atom. The van der Waals surface area contributed by atoms with Crippen LogP contribution in [-0.2, 0) is 6.54 Å². The molecule has 1 aromatic heterocycles. The third-order valence-corrected chi connectivity index (χ3v) is 2.35. The van der Waals surface area contributed by atoms with Gasteiger partial charge in [-0.2, -0.15) is 0 Å². The standard InChI is InChI=1S/C11H19N3O2/c1-9-5-6-10(14(15)16)13(9)8-7-12-11(2,3)4/h5-6,12H,7-8H2,1-4H3. The number of nitrogens with one attached hydrogen (secondary N) is 1. The van der Waals surface area contributed by atoms with Crippen molar-refractivity contribution in [2.75, 3.05) is 6.54 Å². The highest BCUT2D eigenvalue weighted by molar-refractivity contribution is 5.26. The third kappa shape index (κ3) is 3.34. The van der Waals surface area contributed by atoms with Crippen molar-refractivity contribution >= 4 is 5.82 Å². The predicted octanol–water partition coefficient (Wildman–Crippen LogP) is 2.09. The predicted molar refractivity (Wildman–Crippen MR) is 63.6 cm³/mol. The number of aryl methyl sites for hydroxylation is 1. The molecule has 0 aliphatic heterocycles. The first-order valence-electron chi connectivity index (χ1n) is 5.37. The first-order chi connectivity index (χ1) is 7.31. The maximum atomic E-state index is 10.8. The third-order valence-electron chi connectivity index (χ3n) is 2.35. The minimum absolute atomic E-state index is 0.0375. The highest BCUT2D eigenvalue weighted by Gasteiger charge is 2.16. The van der Waals surface area contributed by atoms with Crippen LogP contribution in [0.5, 0.6) is 0 Å². The van der Waals surface area contributed by atoms with Gasteiger partial charge in [-0.25, -0.2) is 4.57 Å². The van der Waals surface area contributed by atoms with Gasteiger partial charge < -0.3 is 15.4 Å². The Morgan fingerprint density at radius 3 is 2.56 bits per heavy atom. The monoisotopic (exact) mass is 225 g/mol. The number of hydrogen-bond acceptors (Lipinski definition) is 3. The molecular weight excluding hydrogens is 206 g/mol. The minimum Gasteiger partial charge on any atom is -0.358 e. The lowest BCUT2D eigenvalue weighted by Gasteiger charge is -2.20. The zero-order valence-electron chi connectivity index (χ0n) is 10.3. The van der Waals surface area contributed by atoms with Gasteiger partial charge in [-0.1, -0.05) is 0 Å². The molecule has 0 aliphatic carbocycles. The first kappa shape index (κ1) is 12.7. The lowest BCUT2D eigenvalue weighted by atomic mass is 10.1. The van der Waals surface area contributed by atoms with Crippen LogP contribution in [0.4, 0.5) is 5.82 Å². The fourth-order valence-corrected chi connectivity index (χ4v) is 1.55. The van der Waals surface area contributed by atoms with E-state index in [-0.39, 0.29) is 16.3 Å². The van der Waals surface area contributed by atoms with E-state index < -0.39 is 0 Å². The zero-order chi connectivity index (χ0) is 12.3. The molecule has 0 atom stereocenters. The minimum atomic E-state index is -0.343. The topological polar surface area (TPSA) is 60.1 Å². The molecule has 0 saturated heterocycles. The van der Waals surface area contributed by atoms with Crippen molar-refractivity contribution in [1.29, 1.82) is 0 Å². The van der Waals surface area contributed by atoms with E-state index in [9.17, 15) is 10.1 Å². The van der Waals surface area contributed by atoms with Gasteiger partial charge in [-0.05, 0) is 38.7 Å². The van der Waals surface area contributed by atoms with Gasteiger partial charge >= 0.3 is 5.82 Å². The van der Waals surface area contributed by atoms with Crippen LogP contribution in [0.25, 0.3) is 0 Å². The van der Waals surface area contributed by atoms with Gasteiger partial charge in [-0.3, -0.25) is 0 Å². The van der Waals surface area contributed by atoms with E-state index in [2.05, 4.69) is 26.1 Å². The Balaban J connectivity index is 2.66. The lowest BCUT2D eigenvalue weighted by Crippen LogP contribution is -2.38. The Bertz CT molecular complexity index is 377. The maximum absolute atomic E-state index is 10.8. The number of aromatic nitrogens is 1. The summed E-state index contributed by atoms with van der Waals surface area (Å²) in [5, 5.41) is 14.1. The summed E-state index contributed by atoms with van der Waals surface area (Å²) < 4.78 is 1.72. The summed E-state index contributed by atoms with van der Waals surface area (Å²) >= 11 is 0. The summed E-state index contributed by atoms with van der Waals surface area (Å²) in [6.45, 7) is 9.44. The van der Waals surface area contributed by atoms with Crippen molar-refractivity contribution in [2.45, 2.75) is 39.8 Å². The first-order valence-corrected chi connectivity index (χ1v) is 5.37. The summed E-state index contributed by atoms with van der Waals surface area (Å²) in [5.74, 6) is 0.160. The van der Waals surface area contributed by atoms with E-state index >= 15 is 0 Å². The summed E-state index contributed by atoms with van der Waals surface area (Å²) in [6, 6.07) is 3.32. The molecule has 0 spiro atoms. The van der Waals surface area contributed by atoms with Crippen LogP contribution in [0, 0.1) is 17.0 Å². The van der Waals surface area contributed by atoms with Crippen molar-refractivity contribution in [2.24, 2.45) is 0 Å². The lowest BCUT2D eigenvalue weighted by molar-refractivity contribution is -0.392. The number of nitro groups is 1. The molecule has 0 aromatic carbocycles. The van der Waals surface area contributed by atoms with Crippen LogP contribution in [0.1, 0.15) is 26.5 Å². The van der Waals surface area contributed by atoms with E-state index in [0.29, 0.717) is 6.54 Å². The van der Waals surface area contributed by atoms with Gasteiger partial charge in [-0.15, -0.1) is 0 Å². The normalized spacial score (nSPS) is 11.8. The Morgan fingerprint density at radius 2 is 2.06 bits per heavy atom. The molecule has 0 fully saturated rings. The van der Waals surface area contributed by atoms with Crippen LogP contribution in [0.3, 0.4) is 0 Å². The molecule has 1 rings (SSSR count). The Kier molecular flexibility index (Phi) is 3.70. The van der Waals surface area contributed by atoms with Gasteiger partial charge in [0.1, 0.15) is 12.2 Å². The second kappa shape index (κ2) is 4.65. The fourth-order valence-electron chi connectivity index (χ4n) is 1.55. The number of rotatable bonds is 4. The van der Waals surface area contributed by atoms with Crippen LogP contribution in [-0.4, -0.2) is 21.6 Å². The highest BCUT2D eigenvalue weighted by atomic mass is 16.6. The van der Waals surface area contributed by atoms with E-state index in [1.807, 2.05) is 6.92 Å². The number of hydrogen-bond donors (Lipinski definition) is 1. The van der Waals surface area contributed by atoms with E-state index in [1.165, 1.54) is 0 Å². The van der Waals surface area contributed by atoms with Crippen LogP contribution in [0.15, 0.2) is 12.1 Å². The van der Waals surface area contributed by atoms with E-state index in [0.717, 1.165) is 12.2 Å². The number of nitrogens with zero attached hydrogens (tertiary/aromatic N) is 2. The molecule has 0 radical (unpaired) electrons. The van der Waals surface area contributed by atoms with Gasteiger partial charge in [0.2, 0.25) is 0 Å². The average Bonchev–Trinajstić information content (AvgIpc) is 2.46. The molecule has 0 unspecified atom stereocenters. The molecule has 1 heterocycles. The van der Waals surface area contributed by atoms with Crippen molar-refractivity contribution in [1.82, 2.24) is 9.88 Å². The van der Waals surface area contributed by atoms with Crippen molar-refractivity contribution in [3.63, 3.8) is 0 Å². The second-order valence-corrected chi connectivity index (χ2v) is 4.92. The van der Waals surface area contributed by atoms with Gasteiger partial charge in [0.05, 0.1) is 0 Å². The molecule has 0 aliphatic rings. The SMILES string of the molecule is Cc1ccc([N+](=O)[O-])n1CCNC(C)(C)C. The van der Waals surface area contributed by atoms with Crippen LogP contribution < -0.4 is 5.32 Å². The quantitative estimate of drug-likeness (QED) is 0.630. The zero-order valence-corrected chi connectivity index (χ0v) is 10.3. The molecule has 16 heavy (non-hydrogen) atoms. The highest BCUT2D eigenvalue weighted by Crippen LogP contribution is 2.15. The molecule has 0 amide bonds.